The maximum atomic E-state index is 5.08. The standard InChI is InChI=1S/C30H44N2/c1-7-13-23-17-19-27(21-25(23)15-9-3)31-29(11-5)30(12-6)32-28-20-18-24(14-8-2)26(22-28)16-10-4/h17-22H,7-16H2,1-6H3. The van der Waals surface area contributed by atoms with Crippen LogP contribution in [0.2, 0.25) is 0 Å². The Labute approximate surface area is 197 Å². The van der Waals surface area contributed by atoms with Crippen molar-refractivity contribution in [3.63, 3.8) is 0 Å². The fourth-order valence-electron chi connectivity index (χ4n) is 4.40. The molecule has 0 aromatic heterocycles. The maximum absolute atomic E-state index is 5.08. The van der Waals surface area contributed by atoms with E-state index in [1.165, 1.54) is 47.9 Å². The minimum atomic E-state index is 0.891. The summed E-state index contributed by atoms with van der Waals surface area (Å²) in [4.78, 5) is 10.2. The second kappa shape index (κ2) is 14.0. The zero-order chi connectivity index (χ0) is 23.3. The summed E-state index contributed by atoms with van der Waals surface area (Å²) in [5, 5.41) is 0. The lowest BCUT2D eigenvalue weighted by molar-refractivity contribution is 0.861. The molecular formula is C30H44N2. The van der Waals surface area contributed by atoms with Gasteiger partial charge in [-0.1, -0.05) is 79.4 Å². The van der Waals surface area contributed by atoms with Gasteiger partial charge in [-0.15, -0.1) is 0 Å². The second-order valence-corrected chi connectivity index (χ2v) is 8.73. The van der Waals surface area contributed by atoms with Gasteiger partial charge in [0.15, 0.2) is 0 Å². The quantitative estimate of drug-likeness (QED) is 0.282. The van der Waals surface area contributed by atoms with Crippen molar-refractivity contribution in [1.29, 1.82) is 0 Å². The topological polar surface area (TPSA) is 24.7 Å². The highest BCUT2D eigenvalue weighted by Gasteiger charge is 2.09. The Morgan fingerprint density at radius 2 is 0.844 bits per heavy atom. The molecule has 174 valence electrons. The molecule has 0 amide bonds. The Bertz CT molecular complexity index is 830. The van der Waals surface area contributed by atoms with E-state index in [1.807, 2.05) is 0 Å². The monoisotopic (exact) mass is 432 g/mol. The van der Waals surface area contributed by atoms with Crippen molar-refractivity contribution >= 4 is 22.8 Å². The van der Waals surface area contributed by atoms with Gasteiger partial charge in [-0.05, 0) is 85.0 Å². The minimum Gasteiger partial charge on any atom is -0.252 e. The lowest BCUT2D eigenvalue weighted by Gasteiger charge is -2.12. The summed E-state index contributed by atoms with van der Waals surface area (Å²) in [6.45, 7) is 13.4. The molecule has 2 nitrogen and oxygen atoms in total. The van der Waals surface area contributed by atoms with Gasteiger partial charge in [-0.3, -0.25) is 9.98 Å². The SMILES string of the molecule is CCCc1ccc(N=C(CC)C(CC)=Nc2ccc(CCC)c(CCC)c2)cc1CCC. The molecule has 2 aromatic rings. The number of aliphatic imine (C=N–C) groups is 2. The molecule has 0 saturated carbocycles. The average Bonchev–Trinajstić information content (AvgIpc) is 2.80. The van der Waals surface area contributed by atoms with Crippen molar-refractivity contribution in [1.82, 2.24) is 0 Å². The molecule has 0 spiro atoms. The van der Waals surface area contributed by atoms with Crippen molar-refractivity contribution in [2.24, 2.45) is 9.98 Å². The van der Waals surface area contributed by atoms with Crippen LogP contribution in [0.15, 0.2) is 46.4 Å². The summed E-state index contributed by atoms with van der Waals surface area (Å²) in [7, 11) is 0. The number of hydrogen-bond donors (Lipinski definition) is 0. The zero-order valence-corrected chi connectivity index (χ0v) is 21.4. The first-order valence-electron chi connectivity index (χ1n) is 13.0. The van der Waals surface area contributed by atoms with E-state index in [9.17, 15) is 0 Å². The van der Waals surface area contributed by atoms with Crippen LogP contribution in [0.25, 0.3) is 0 Å². The molecule has 0 bridgehead atoms. The number of hydrogen-bond acceptors (Lipinski definition) is 2. The molecular weight excluding hydrogens is 388 g/mol. The van der Waals surface area contributed by atoms with E-state index in [0.29, 0.717) is 0 Å². The van der Waals surface area contributed by atoms with Crippen molar-refractivity contribution in [2.45, 2.75) is 106 Å². The van der Waals surface area contributed by atoms with Crippen LogP contribution in [0.4, 0.5) is 11.4 Å². The molecule has 0 aliphatic heterocycles. The normalized spacial score (nSPS) is 12.4. The van der Waals surface area contributed by atoms with E-state index in [-0.39, 0.29) is 0 Å². The first-order valence-corrected chi connectivity index (χ1v) is 13.0. The zero-order valence-electron chi connectivity index (χ0n) is 21.4. The van der Waals surface area contributed by atoms with E-state index < -0.39 is 0 Å². The van der Waals surface area contributed by atoms with Crippen LogP contribution >= 0.6 is 0 Å². The smallest absolute Gasteiger partial charge is 0.0636 e. The van der Waals surface area contributed by atoms with E-state index in [1.54, 1.807) is 0 Å². The average molecular weight is 433 g/mol. The van der Waals surface area contributed by atoms with Crippen molar-refractivity contribution < 1.29 is 0 Å². The fraction of sp³-hybridized carbons (Fsp3) is 0.533. The summed E-state index contributed by atoms with van der Waals surface area (Å²) in [6.07, 6.45) is 11.0. The van der Waals surface area contributed by atoms with E-state index in [0.717, 1.165) is 61.3 Å². The molecule has 2 aromatic carbocycles. The first kappa shape index (κ1) is 26.0. The summed E-state index contributed by atoms with van der Waals surface area (Å²) in [5.41, 5.74) is 10.2. The summed E-state index contributed by atoms with van der Waals surface area (Å²) in [5.74, 6) is 0. The Hall–Kier alpha value is -2.22. The van der Waals surface area contributed by atoms with E-state index >= 15 is 0 Å². The molecule has 0 unspecified atom stereocenters. The predicted octanol–water partition coefficient (Wildman–Crippen LogP) is 9.16. The molecule has 0 N–H and O–H groups in total. The van der Waals surface area contributed by atoms with Crippen LogP contribution in [-0.4, -0.2) is 11.4 Å². The predicted molar refractivity (Wildman–Crippen MR) is 144 cm³/mol. The molecule has 32 heavy (non-hydrogen) atoms. The van der Waals surface area contributed by atoms with Crippen molar-refractivity contribution in [3.8, 4) is 0 Å². The Morgan fingerprint density at radius 1 is 0.500 bits per heavy atom. The van der Waals surface area contributed by atoms with Crippen molar-refractivity contribution in [2.75, 3.05) is 0 Å². The van der Waals surface area contributed by atoms with Gasteiger partial charge in [-0.25, -0.2) is 0 Å². The minimum absolute atomic E-state index is 0.891. The highest BCUT2D eigenvalue weighted by molar-refractivity contribution is 6.43. The molecule has 2 heteroatoms. The molecule has 0 aliphatic carbocycles. The lowest BCUT2D eigenvalue weighted by atomic mass is 9.98. The van der Waals surface area contributed by atoms with Gasteiger partial charge >= 0.3 is 0 Å². The number of rotatable bonds is 13. The van der Waals surface area contributed by atoms with Crippen LogP contribution in [0.1, 0.15) is 102 Å². The van der Waals surface area contributed by atoms with Gasteiger partial charge in [0.05, 0.1) is 22.8 Å². The van der Waals surface area contributed by atoms with Crippen LogP contribution in [0.3, 0.4) is 0 Å². The third kappa shape index (κ3) is 7.43. The third-order valence-electron chi connectivity index (χ3n) is 5.99. The Balaban J connectivity index is 2.41. The highest BCUT2D eigenvalue weighted by atomic mass is 14.8. The molecule has 0 radical (unpaired) electrons. The lowest BCUT2D eigenvalue weighted by Crippen LogP contribution is -2.12. The fourth-order valence-corrected chi connectivity index (χ4v) is 4.40. The molecule has 2 rings (SSSR count). The summed E-state index contributed by atoms with van der Waals surface area (Å²) in [6, 6.07) is 13.5. The van der Waals surface area contributed by atoms with Gasteiger partial charge in [-0.2, -0.15) is 0 Å². The van der Waals surface area contributed by atoms with Crippen LogP contribution in [0.5, 0.6) is 0 Å². The van der Waals surface area contributed by atoms with Gasteiger partial charge < -0.3 is 0 Å². The highest BCUT2D eigenvalue weighted by Crippen LogP contribution is 2.24. The summed E-state index contributed by atoms with van der Waals surface area (Å²) < 4.78 is 0. The molecule has 0 saturated heterocycles. The van der Waals surface area contributed by atoms with E-state index in [2.05, 4.69) is 77.9 Å². The number of aryl methyl sites for hydroxylation is 4. The molecule has 0 aliphatic rings. The largest absolute Gasteiger partial charge is 0.252 e. The first-order chi connectivity index (χ1) is 15.6. The third-order valence-corrected chi connectivity index (χ3v) is 5.99. The van der Waals surface area contributed by atoms with Crippen LogP contribution < -0.4 is 0 Å². The van der Waals surface area contributed by atoms with Crippen LogP contribution in [0, 0.1) is 0 Å². The second-order valence-electron chi connectivity index (χ2n) is 8.73. The van der Waals surface area contributed by atoms with E-state index in [4.69, 9.17) is 9.98 Å². The summed E-state index contributed by atoms with van der Waals surface area (Å²) >= 11 is 0. The number of benzene rings is 2. The van der Waals surface area contributed by atoms with Gasteiger partial charge in [0.25, 0.3) is 0 Å². The number of nitrogens with zero attached hydrogens (tertiary/aromatic N) is 2. The Kier molecular flexibility index (Phi) is 11.4. The molecule has 0 atom stereocenters. The van der Waals surface area contributed by atoms with Gasteiger partial charge in [0, 0.05) is 0 Å². The van der Waals surface area contributed by atoms with Crippen molar-refractivity contribution in [3.05, 3.63) is 58.7 Å². The molecule has 0 heterocycles. The maximum Gasteiger partial charge on any atom is 0.0636 e. The Morgan fingerprint density at radius 3 is 1.16 bits per heavy atom. The van der Waals surface area contributed by atoms with Gasteiger partial charge in [0.2, 0.25) is 0 Å². The molecule has 0 fully saturated rings. The van der Waals surface area contributed by atoms with Gasteiger partial charge in [0.1, 0.15) is 0 Å². The van der Waals surface area contributed by atoms with Crippen LogP contribution in [-0.2, 0) is 25.7 Å².